The molecule has 5 heteroatoms. The van der Waals surface area contributed by atoms with Gasteiger partial charge in [-0.25, -0.2) is 0 Å². The predicted molar refractivity (Wildman–Crippen MR) is 70.9 cm³/mol. The van der Waals surface area contributed by atoms with Gasteiger partial charge in [-0.15, -0.1) is 0 Å². The highest BCUT2D eigenvalue weighted by atomic mass is 16.5. The van der Waals surface area contributed by atoms with E-state index in [9.17, 15) is 4.79 Å². The van der Waals surface area contributed by atoms with E-state index in [0.29, 0.717) is 5.76 Å². The van der Waals surface area contributed by atoms with Crippen molar-refractivity contribution in [2.45, 2.75) is 26.2 Å². The Kier molecular flexibility index (Phi) is 3.55. The van der Waals surface area contributed by atoms with Gasteiger partial charge in [-0.3, -0.25) is 4.79 Å². The molecule has 1 saturated heterocycles. The summed E-state index contributed by atoms with van der Waals surface area (Å²) >= 11 is 0. The van der Waals surface area contributed by atoms with Gasteiger partial charge in [0.15, 0.2) is 0 Å². The Hall–Kier alpha value is -1.36. The average molecular weight is 263 g/mol. The zero-order valence-corrected chi connectivity index (χ0v) is 11.5. The van der Waals surface area contributed by atoms with Crippen LogP contribution in [0.5, 0.6) is 0 Å². The molecule has 1 aliphatic heterocycles. The lowest BCUT2D eigenvalue weighted by Crippen LogP contribution is -2.35. The second kappa shape index (κ2) is 5.33. The molecule has 0 spiro atoms. The number of carbonyl (C=O) groups is 1. The Morgan fingerprint density at radius 2 is 2.21 bits per heavy atom. The number of amides is 1. The van der Waals surface area contributed by atoms with Crippen molar-refractivity contribution in [3.05, 3.63) is 17.5 Å². The van der Waals surface area contributed by atoms with Crippen molar-refractivity contribution in [1.29, 1.82) is 0 Å². The minimum absolute atomic E-state index is 0.0196. The van der Waals surface area contributed by atoms with Gasteiger partial charge in [0.05, 0.1) is 5.69 Å². The molecular weight excluding hydrogens is 242 g/mol. The van der Waals surface area contributed by atoms with E-state index in [-0.39, 0.29) is 5.91 Å². The van der Waals surface area contributed by atoms with E-state index in [4.69, 9.17) is 4.52 Å². The molecule has 1 amide bonds. The van der Waals surface area contributed by atoms with Crippen LogP contribution in [0.1, 0.15) is 35.5 Å². The van der Waals surface area contributed by atoms with Crippen LogP contribution in [0.25, 0.3) is 0 Å². The van der Waals surface area contributed by atoms with Crippen LogP contribution < -0.4 is 0 Å². The molecule has 0 unspecified atom stereocenters. The van der Waals surface area contributed by atoms with Crippen molar-refractivity contribution in [3.63, 3.8) is 0 Å². The van der Waals surface area contributed by atoms with Crippen molar-refractivity contribution in [3.8, 4) is 0 Å². The first kappa shape index (κ1) is 12.7. The van der Waals surface area contributed by atoms with E-state index in [1.165, 1.54) is 19.4 Å². The zero-order valence-electron chi connectivity index (χ0n) is 11.5. The predicted octanol–water partition coefficient (Wildman–Crippen LogP) is 1.54. The van der Waals surface area contributed by atoms with E-state index < -0.39 is 0 Å². The van der Waals surface area contributed by atoms with E-state index in [0.717, 1.165) is 44.2 Å². The molecule has 0 bridgehead atoms. The summed E-state index contributed by atoms with van der Waals surface area (Å²) in [5.41, 5.74) is 0.758. The number of hydrogen-bond donors (Lipinski definition) is 0. The lowest BCUT2D eigenvalue weighted by molar-refractivity contribution is 0.0719. The Morgan fingerprint density at radius 1 is 1.37 bits per heavy atom. The molecule has 5 nitrogen and oxygen atoms in total. The number of aryl methyl sites for hydroxylation is 1. The molecule has 1 aromatic rings. The number of carbonyl (C=O) groups excluding carboxylic acids is 1. The molecule has 104 valence electrons. The second-order valence-corrected chi connectivity index (χ2v) is 5.72. The maximum atomic E-state index is 12.3. The summed E-state index contributed by atoms with van der Waals surface area (Å²) in [7, 11) is 0. The van der Waals surface area contributed by atoms with Gasteiger partial charge in [0.2, 0.25) is 5.76 Å². The normalized spacial score (nSPS) is 21.4. The van der Waals surface area contributed by atoms with Crippen molar-refractivity contribution < 1.29 is 9.32 Å². The van der Waals surface area contributed by atoms with Crippen LogP contribution in [0.15, 0.2) is 10.6 Å². The molecule has 2 aliphatic rings. The molecule has 2 fully saturated rings. The van der Waals surface area contributed by atoms with Crippen molar-refractivity contribution in [1.82, 2.24) is 15.0 Å². The van der Waals surface area contributed by atoms with Gasteiger partial charge in [-0.1, -0.05) is 5.16 Å². The third kappa shape index (κ3) is 3.15. The molecule has 1 aromatic heterocycles. The van der Waals surface area contributed by atoms with Gasteiger partial charge in [-0.2, -0.15) is 0 Å². The van der Waals surface area contributed by atoms with Crippen LogP contribution in [0, 0.1) is 12.8 Å². The number of aromatic nitrogens is 1. The Balaban J connectivity index is 1.57. The van der Waals surface area contributed by atoms with Crippen LogP contribution >= 0.6 is 0 Å². The summed E-state index contributed by atoms with van der Waals surface area (Å²) < 4.78 is 5.07. The first-order valence-electron chi connectivity index (χ1n) is 7.17. The molecule has 2 heterocycles. The van der Waals surface area contributed by atoms with Gasteiger partial charge >= 0.3 is 0 Å². The summed E-state index contributed by atoms with van der Waals surface area (Å²) in [6, 6.07) is 1.72. The Bertz CT molecular complexity index is 453. The van der Waals surface area contributed by atoms with Crippen LogP contribution in [0.3, 0.4) is 0 Å². The largest absolute Gasteiger partial charge is 0.351 e. The number of hydrogen-bond acceptors (Lipinski definition) is 4. The SMILES string of the molecule is Cc1cc(C(=O)N2CCCN(CC3CC3)CC2)on1. The number of nitrogens with zero attached hydrogens (tertiary/aromatic N) is 3. The van der Waals surface area contributed by atoms with E-state index in [2.05, 4.69) is 10.1 Å². The average Bonchev–Trinajstić information content (AvgIpc) is 3.15. The van der Waals surface area contributed by atoms with Crippen molar-refractivity contribution >= 4 is 5.91 Å². The molecule has 0 aromatic carbocycles. The molecule has 19 heavy (non-hydrogen) atoms. The van der Waals surface area contributed by atoms with Crippen LogP contribution in [-0.2, 0) is 0 Å². The fraction of sp³-hybridized carbons (Fsp3) is 0.714. The standard InChI is InChI=1S/C14H21N3O2/c1-11-9-13(19-15-11)14(18)17-6-2-5-16(7-8-17)10-12-3-4-12/h9,12H,2-8,10H2,1H3. The molecule has 3 rings (SSSR count). The zero-order chi connectivity index (χ0) is 13.2. The monoisotopic (exact) mass is 263 g/mol. The summed E-state index contributed by atoms with van der Waals surface area (Å²) in [6.45, 7) is 6.75. The minimum atomic E-state index is -0.0196. The molecule has 0 atom stereocenters. The fourth-order valence-corrected chi connectivity index (χ4v) is 2.64. The molecule has 1 aliphatic carbocycles. The third-order valence-corrected chi connectivity index (χ3v) is 3.93. The van der Waals surface area contributed by atoms with Gasteiger partial charge < -0.3 is 14.3 Å². The van der Waals surface area contributed by atoms with Crippen molar-refractivity contribution in [2.75, 3.05) is 32.7 Å². The lowest BCUT2D eigenvalue weighted by Gasteiger charge is -2.20. The molecular formula is C14H21N3O2. The molecule has 0 N–H and O–H groups in total. The summed E-state index contributed by atoms with van der Waals surface area (Å²) in [4.78, 5) is 16.7. The molecule has 1 saturated carbocycles. The topological polar surface area (TPSA) is 49.6 Å². The van der Waals surface area contributed by atoms with Crippen LogP contribution in [-0.4, -0.2) is 53.6 Å². The quantitative estimate of drug-likeness (QED) is 0.830. The van der Waals surface area contributed by atoms with E-state index in [1.807, 2.05) is 11.8 Å². The van der Waals surface area contributed by atoms with Gasteiger partial charge in [0, 0.05) is 32.2 Å². The summed E-state index contributed by atoms with van der Waals surface area (Å²) in [5.74, 6) is 1.26. The highest BCUT2D eigenvalue weighted by Crippen LogP contribution is 2.29. The Morgan fingerprint density at radius 3 is 2.89 bits per heavy atom. The minimum Gasteiger partial charge on any atom is -0.351 e. The van der Waals surface area contributed by atoms with Gasteiger partial charge in [0.1, 0.15) is 0 Å². The van der Waals surface area contributed by atoms with Crippen LogP contribution in [0.2, 0.25) is 0 Å². The summed E-state index contributed by atoms with van der Waals surface area (Å²) in [5, 5.41) is 3.79. The first-order valence-corrected chi connectivity index (χ1v) is 7.17. The smallest absolute Gasteiger partial charge is 0.292 e. The Labute approximate surface area is 113 Å². The second-order valence-electron chi connectivity index (χ2n) is 5.72. The van der Waals surface area contributed by atoms with Gasteiger partial charge in [-0.05, 0) is 38.6 Å². The maximum absolute atomic E-state index is 12.3. The van der Waals surface area contributed by atoms with Crippen molar-refractivity contribution in [2.24, 2.45) is 5.92 Å². The van der Waals surface area contributed by atoms with Gasteiger partial charge in [0.25, 0.3) is 5.91 Å². The number of rotatable bonds is 3. The highest BCUT2D eigenvalue weighted by Gasteiger charge is 2.27. The van der Waals surface area contributed by atoms with E-state index >= 15 is 0 Å². The first-order chi connectivity index (χ1) is 9.22. The van der Waals surface area contributed by atoms with Crippen LogP contribution in [0.4, 0.5) is 0 Å². The third-order valence-electron chi connectivity index (χ3n) is 3.93. The lowest BCUT2D eigenvalue weighted by atomic mass is 10.3. The summed E-state index contributed by atoms with van der Waals surface area (Å²) in [6.07, 6.45) is 3.82. The van der Waals surface area contributed by atoms with E-state index in [1.54, 1.807) is 6.07 Å². The highest BCUT2D eigenvalue weighted by molar-refractivity contribution is 5.91. The maximum Gasteiger partial charge on any atom is 0.292 e. The fourth-order valence-electron chi connectivity index (χ4n) is 2.64. The molecule has 0 radical (unpaired) electrons.